The van der Waals surface area contributed by atoms with Gasteiger partial charge in [0.25, 0.3) is 0 Å². The highest BCUT2D eigenvalue weighted by Crippen LogP contribution is 2.19. The number of nitrogens with one attached hydrogen (secondary N) is 1. The van der Waals surface area contributed by atoms with Gasteiger partial charge in [0, 0.05) is 22.5 Å². The zero-order chi connectivity index (χ0) is 16.0. The summed E-state index contributed by atoms with van der Waals surface area (Å²) in [5.74, 6) is -1.10. The second-order valence-corrected chi connectivity index (χ2v) is 6.48. The summed E-state index contributed by atoms with van der Waals surface area (Å²) in [4.78, 5) is 22.5. The molecule has 1 amide bonds. The maximum absolute atomic E-state index is 11.9. The number of carboxylic acid groups (broad SMARTS) is 1. The lowest BCUT2D eigenvalue weighted by Crippen LogP contribution is -2.42. The van der Waals surface area contributed by atoms with Crippen LogP contribution in [0.2, 0.25) is 0 Å². The largest absolute Gasteiger partial charge is 0.481 e. The number of aliphatic carboxylic acids is 1. The van der Waals surface area contributed by atoms with Gasteiger partial charge in [-0.15, -0.1) is 0 Å². The van der Waals surface area contributed by atoms with Gasteiger partial charge in [-0.3, -0.25) is 9.59 Å². The molecule has 0 radical (unpaired) electrons. The fourth-order valence-corrected chi connectivity index (χ4v) is 2.42. The summed E-state index contributed by atoms with van der Waals surface area (Å²) in [7, 11) is 0. The summed E-state index contributed by atoms with van der Waals surface area (Å²) in [6.45, 7) is 5.61. The molecule has 0 unspecified atom stereocenters. The number of hydrogen-bond acceptors (Lipinski definition) is 2. The van der Waals surface area contributed by atoms with Crippen molar-refractivity contribution < 1.29 is 14.7 Å². The van der Waals surface area contributed by atoms with E-state index in [9.17, 15) is 9.59 Å². The van der Waals surface area contributed by atoms with E-state index >= 15 is 0 Å². The topological polar surface area (TPSA) is 66.4 Å². The molecule has 1 aromatic rings. The van der Waals surface area contributed by atoms with Crippen LogP contribution in [0.4, 0.5) is 0 Å². The molecular formula is C16H20BrNO3. The Balaban J connectivity index is 2.64. The number of aryl methyl sites for hydroxylation is 1. The third-order valence-corrected chi connectivity index (χ3v) is 3.68. The Morgan fingerprint density at radius 3 is 2.62 bits per heavy atom. The Labute approximate surface area is 133 Å². The molecule has 21 heavy (non-hydrogen) atoms. The fraction of sp³-hybridized carbons (Fsp3) is 0.375. The monoisotopic (exact) mass is 353 g/mol. The second-order valence-electron chi connectivity index (χ2n) is 5.63. The number of carbonyl (C=O) groups is 2. The van der Waals surface area contributed by atoms with Gasteiger partial charge in [-0.05, 0) is 50.5 Å². The van der Waals surface area contributed by atoms with Gasteiger partial charge in [-0.2, -0.15) is 0 Å². The van der Waals surface area contributed by atoms with Crippen LogP contribution in [0, 0.1) is 6.92 Å². The fourth-order valence-electron chi connectivity index (χ4n) is 1.79. The first kappa shape index (κ1) is 17.4. The first-order valence-electron chi connectivity index (χ1n) is 6.68. The molecule has 0 saturated heterocycles. The third kappa shape index (κ3) is 6.58. The van der Waals surface area contributed by atoms with Crippen LogP contribution in [0.5, 0.6) is 0 Å². The molecule has 0 fully saturated rings. The van der Waals surface area contributed by atoms with Gasteiger partial charge >= 0.3 is 5.97 Å². The van der Waals surface area contributed by atoms with Crippen LogP contribution in [-0.4, -0.2) is 22.5 Å². The lowest BCUT2D eigenvalue weighted by Gasteiger charge is -2.24. The zero-order valence-electron chi connectivity index (χ0n) is 12.4. The molecule has 0 aliphatic carbocycles. The van der Waals surface area contributed by atoms with Crippen molar-refractivity contribution in [3.8, 4) is 0 Å². The van der Waals surface area contributed by atoms with Gasteiger partial charge in [0.15, 0.2) is 0 Å². The summed E-state index contributed by atoms with van der Waals surface area (Å²) >= 11 is 3.45. The molecule has 1 aromatic carbocycles. The Hall–Kier alpha value is -1.62. The molecule has 5 heteroatoms. The molecule has 4 nitrogen and oxygen atoms in total. The van der Waals surface area contributed by atoms with Gasteiger partial charge in [0.1, 0.15) is 0 Å². The molecule has 0 bridgehead atoms. The highest BCUT2D eigenvalue weighted by molar-refractivity contribution is 9.10. The van der Waals surface area contributed by atoms with Gasteiger partial charge in [0.05, 0.1) is 0 Å². The van der Waals surface area contributed by atoms with E-state index in [1.54, 1.807) is 6.08 Å². The Morgan fingerprint density at radius 2 is 2.05 bits per heavy atom. The van der Waals surface area contributed by atoms with Crippen LogP contribution in [0.3, 0.4) is 0 Å². The number of amides is 1. The minimum Gasteiger partial charge on any atom is -0.481 e. The number of carbonyl (C=O) groups excluding carboxylic acids is 1. The van der Waals surface area contributed by atoms with Crippen LogP contribution in [0.25, 0.3) is 6.08 Å². The highest BCUT2D eigenvalue weighted by Gasteiger charge is 2.20. The summed E-state index contributed by atoms with van der Waals surface area (Å²) in [6, 6.07) is 5.88. The maximum Gasteiger partial charge on any atom is 0.303 e. The molecule has 0 atom stereocenters. The van der Waals surface area contributed by atoms with Crippen LogP contribution in [0.15, 0.2) is 28.7 Å². The van der Waals surface area contributed by atoms with Gasteiger partial charge in [0.2, 0.25) is 5.91 Å². The third-order valence-electron chi connectivity index (χ3n) is 3.00. The Kier molecular flexibility index (Phi) is 6.15. The minimum atomic E-state index is -0.864. The van der Waals surface area contributed by atoms with Crippen LogP contribution >= 0.6 is 15.9 Å². The second kappa shape index (κ2) is 7.41. The summed E-state index contributed by atoms with van der Waals surface area (Å²) in [6.07, 6.45) is 3.60. The number of hydrogen-bond donors (Lipinski definition) is 2. The van der Waals surface area contributed by atoms with Gasteiger partial charge in [-0.1, -0.05) is 28.1 Å². The predicted octanol–water partition coefficient (Wildman–Crippen LogP) is 3.53. The number of rotatable bonds is 6. The van der Waals surface area contributed by atoms with Crippen LogP contribution in [-0.2, 0) is 9.59 Å². The molecular weight excluding hydrogens is 334 g/mol. The van der Waals surface area contributed by atoms with Crippen molar-refractivity contribution in [2.24, 2.45) is 0 Å². The molecule has 0 aromatic heterocycles. The van der Waals surface area contributed by atoms with Crippen molar-refractivity contribution in [3.63, 3.8) is 0 Å². The predicted molar refractivity (Wildman–Crippen MR) is 87.0 cm³/mol. The van der Waals surface area contributed by atoms with Gasteiger partial charge in [-0.25, -0.2) is 0 Å². The minimum absolute atomic E-state index is 0.0283. The molecule has 0 heterocycles. The standard InChI is InChI=1S/C16H20BrNO3/c1-11-4-5-12(13(17)10-11)6-7-14(19)18-16(2,3)9-8-15(20)21/h4-7,10H,8-9H2,1-3H3,(H,18,19)(H,20,21). The average molecular weight is 354 g/mol. The molecule has 114 valence electrons. The molecule has 0 aliphatic heterocycles. The molecule has 0 saturated carbocycles. The Bertz CT molecular complexity index is 565. The highest BCUT2D eigenvalue weighted by atomic mass is 79.9. The quantitative estimate of drug-likeness (QED) is 0.768. The van der Waals surface area contributed by atoms with Crippen molar-refractivity contribution in [1.29, 1.82) is 0 Å². The maximum atomic E-state index is 11.9. The smallest absolute Gasteiger partial charge is 0.303 e. The van der Waals surface area contributed by atoms with Crippen molar-refractivity contribution >= 4 is 33.9 Å². The van der Waals surface area contributed by atoms with Crippen LogP contribution < -0.4 is 5.32 Å². The van der Waals surface area contributed by atoms with E-state index in [0.717, 1.165) is 15.6 Å². The first-order valence-corrected chi connectivity index (χ1v) is 7.47. The van der Waals surface area contributed by atoms with E-state index in [0.29, 0.717) is 6.42 Å². The van der Waals surface area contributed by atoms with Crippen molar-refractivity contribution in [2.75, 3.05) is 0 Å². The summed E-state index contributed by atoms with van der Waals surface area (Å²) in [5, 5.41) is 11.5. The SMILES string of the molecule is Cc1ccc(C=CC(=O)NC(C)(C)CCC(=O)O)c(Br)c1. The van der Waals surface area contributed by atoms with Crippen LogP contribution in [0.1, 0.15) is 37.8 Å². The van der Waals surface area contributed by atoms with Gasteiger partial charge < -0.3 is 10.4 Å². The first-order chi connectivity index (χ1) is 9.69. The number of carboxylic acids is 1. The average Bonchev–Trinajstić information content (AvgIpc) is 2.35. The van der Waals surface area contributed by atoms with E-state index in [-0.39, 0.29) is 12.3 Å². The summed E-state index contributed by atoms with van der Waals surface area (Å²) in [5.41, 5.74) is 1.50. The summed E-state index contributed by atoms with van der Waals surface area (Å²) < 4.78 is 0.927. The molecule has 1 rings (SSSR count). The van der Waals surface area contributed by atoms with E-state index in [1.165, 1.54) is 6.08 Å². The van der Waals surface area contributed by atoms with E-state index in [1.807, 2.05) is 39.0 Å². The van der Waals surface area contributed by atoms with E-state index in [4.69, 9.17) is 5.11 Å². The van der Waals surface area contributed by atoms with Crippen molar-refractivity contribution in [2.45, 2.75) is 39.2 Å². The lowest BCUT2D eigenvalue weighted by molar-refractivity contribution is -0.137. The van der Waals surface area contributed by atoms with Crippen molar-refractivity contribution in [1.82, 2.24) is 5.32 Å². The molecule has 2 N–H and O–H groups in total. The molecule has 0 aliphatic rings. The van der Waals surface area contributed by atoms with E-state index in [2.05, 4.69) is 21.2 Å². The Morgan fingerprint density at radius 1 is 1.38 bits per heavy atom. The normalized spacial score (nSPS) is 11.6. The van der Waals surface area contributed by atoms with E-state index < -0.39 is 11.5 Å². The zero-order valence-corrected chi connectivity index (χ0v) is 14.0. The number of halogens is 1. The number of benzene rings is 1. The molecule has 0 spiro atoms. The van der Waals surface area contributed by atoms with Crippen molar-refractivity contribution in [3.05, 3.63) is 39.9 Å². The lowest BCUT2D eigenvalue weighted by atomic mass is 9.98.